The van der Waals surface area contributed by atoms with E-state index in [9.17, 15) is 9.59 Å². The normalized spacial score (nSPS) is 19.1. The van der Waals surface area contributed by atoms with E-state index in [0.717, 1.165) is 12.1 Å². The Hall–Kier alpha value is -2.82. The van der Waals surface area contributed by atoms with Crippen molar-refractivity contribution >= 4 is 23.2 Å². The Labute approximate surface area is 146 Å². The first-order chi connectivity index (χ1) is 12.1. The standard InChI is InChI=1S/C20H20N2O3/c1-13-11-14-5-3-4-6-16(14)22(13)20(24)15-7-8-18-17(12-15)21(2)19(23)9-10-25-18/h3-8,12-13H,9-11H2,1-2H3. The number of nitrogens with zero attached hydrogens (tertiary/aromatic N) is 2. The number of carbonyl (C=O) groups excluding carboxylic acids is 2. The van der Waals surface area contributed by atoms with E-state index in [2.05, 4.69) is 13.0 Å². The molecule has 5 nitrogen and oxygen atoms in total. The molecule has 0 saturated carbocycles. The Bertz CT molecular complexity index is 862. The minimum Gasteiger partial charge on any atom is -0.491 e. The van der Waals surface area contributed by atoms with Gasteiger partial charge >= 0.3 is 0 Å². The van der Waals surface area contributed by atoms with Crippen molar-refractivity contribution < 1.29 is 14.3 Å². The summed E-state index contributed by atoms with van der Waals surface area (Å²) in [6.45, 7) is 2.42. The number of para-hydroxylation sites is 1. The third kappa shape index (κ3) is 2.56. The van der Waals surface area contributed by atoms with Crippen LogP contribution in [-0.2, 0) is 11.2 Å². The summed E-state index contributed by atoms with van der Waals surface area (Å²) in [4.78, 5) is 28.7. The van der Waals surface area contributed by atoms with Gasteiger partial charge in [0.15, 0.2) is 0 Å². The van der Waals surface area contributed by atoms with Gasteiger partial charge in [-0.2, -0.15) is 0 Å². The van der Waals surface area contributed by atoms with Crippen LogP contribution in [0.2, 0.25) is 0 Å². The summed E-state index contributed by atoms with van der Waals surface area (Å²) in [6, 6.07) is 13.4. The highest BCUT2D eigenvalue weighted by atomic mass is 16.5. The van der Waals surface area contributed by atoms with E-state index in [1.807, 2.05) is 23.1 Å². The lowest BCUT2D eigenvalue weighted by Crippen LogP contribution is -2.35. The topological polar surface area (TPSA) is 49.9 Å². The molecule has 2 aliphatic rings. The van der Waals surface area contributed by atoms with Crippen LogP contribution in [0.4, 0.5) is 11.4 Å². The van der Waals surface area contributed by atoms with Crippen molar-refractivity contribution in [3.05, 3.63) is 53.6 Å². The van der Waals surface area contributed by atoms with Crippen molar-refractivity contribution in [3.8, 4) is 5.75 Å². The van der Waals surface area contributed by atoms with Gasteiger partial charge in [0, 0.05) is 24.3 Å². The summed E-state index contributed by atoms with van der Waals surface area (Å²) in [7, 11) is 1.72. The predicted molar refractivity (Wildman–Crippen MR) is 96.4 cm³/mol. The van der Waals surface area contributed by atoms with E-state index in [-0.39, 0.29) is 17.9 Å². The van der Waals surface area contributed by atoms with Gasteiger partial charge in [-0.25, -0.2) is 0 Å². The molecule has 0 radical (unpaired) electrons. The van der Waals surface area contributed by atoms with Crippen molar-refractivity contribution in [1.82, 2.24) is 0 Å². The van der Waals surface area contributed by atoms with Crippen LogP contribution >= 0.6 is 0 Å². The van der Waals surface area contributed by atoms with Crippen molar-refractivity contribution in [2.75, 3.05) is 23.5 Å². The van der Waals surface area contributed by atoms with Gasteiger partial charge in [0.05, 0.1) is 18.7 Å². The van der Waals surface area contributed by atoms with Crippen molar-refractivity contribution in [1.29, 1.82) is 0 Å². The number of rotatable bonds is 1. The van der Waals surface area contributed by atoms with E-state index in [1.54, 1.807) is 30.1 Å². The number of anilines is 2. The molecule has 5 heteroatoms. The molecule has 0 bridgehead atoms. The molecular formula is C20H20N2O3. The quantitative estimate of drug-likeness (QED) is 0.804. The zero-order valence-electron chi connectivity index (χ0n) is 14.4. The van der Waals surface area contributed by atoms with Gasteiger partial charge in [-0.1, -0.05) is 18.2 Å². The fraction of sp³-hybridized carbons (Fsp3) is 0.300. The molecule has 1 atom stereocenters. The molecule has 0 fully saturated rings. The number of hydrogen-bond donors (Lipinski definition) is 0. The summed E-state index contributed by atoms with van der Waals surface area (Å²) in [5.74, 6) is 0.577. The number of ether oxygens (including phenoxy) is 1. The van der Waals surface area contributed by atoms with Crippen LogP contribution in [-0.4, -0.2) is 31.5 Å². The van der Waals surface area contributed by atoms with Crippen molar-refractivity contribution in [2.24, 2.45) is 0 Å². The third-order valence-electron chi connectivity index (χ3n) is 4.94. The van der Waals surface area contributed by atoms with Gasteiger partial charge < -0.3 is 14.5 Å². The largest absolute Gasteiger partial charge is 0.491 e. The molecule has 0 aromatic heterocycles. The monoisotopic (exact) mass is 336 g/mol. The molecule has 2 aromatic rings. The van der Waals surface area contributed by atoms with Crippen molar-refractivity contribution in [3.63, 3.8) is 0 Å². The molecule has 1 unspecified atom stereocenters. The lowest BCUT2D eigenvalue weighted by molar-refractivity contribution is -0.118. The Morgan fingerprint density at radius 2 is 1.96 bits per heavy atom. The van der Waals surface area contributed by atoms with Crippen LogP contribution < -0.4 is 14.5 Å². The second kappa shape index (κ2) is 5.92. The molecule has 2 aliphatic heterocycles. The zero-order valence-corrected chi connectivity index (χ0v) is 14.4. The lowest BCUT2D eigenvalue weighted by Gasteiger charge is -2.24. The summed E-state index contributed by atoms with van der Waals surface area (Å²) in [6.07, 6.45) is 1.19. The van der Waals surface area contributed by atoms with E-state index in [0.29, 0.717) is 30.0 Å². The van der Waals surface area contributed by atoms with Crippen LogP contribution in [0.1, 0.15) is 29.3 Å². The van der Waals surface area contributed by atoms with Crippen molar-refractivity contribution in [2.45, 2.75) is 25.8 Å². The number of hydrogen-bond acceptors (Lipinski definition) is 3. The van der Waals surface area contributed by atoms with Crippen LogP contribution in [0, 0.1) is 0 Å². The molecule has 0 spiro atoms. The number of fused-ring (bicyclic) bond motifs is 2. The van der Waals surface area contributed by atoms with E-state index in [4.69, 9.17) is 4.74 Å². The first-order valence-corrected chi connectivity index (χ1v) is 8.51. The molecule has 4 rings (SSSR count). The first-order valence-electron chi connectivity index (χ1n) is 8.51. The number of carbonyl (C=O) groups is 2. The molecule has 2 amide bonds. The SMILES string of the molecule is CC1Cc2ccccc2N1C(=O)c1ccc2c(c1)N(C)C(=O)CCO2. The molecular weight excluding hydrogens is 316 g/mol. The lowest BCUT2D eigenvalue weighted by atomic mass is 10.1. The zero-order chi connectivity index (χ0) is 17.6. The van der Waals surface area contributed by atoms with E-state index in [1.165, 1.54) is 5.56 Å². The van der Waals surface area contributed by atoms with Gasteiger partial charge in [0.1, 0.15) is 5.75 Å². The maximum atomic E-state index is 13.2. The Kier molecular flexibility index (Phi) is 3.71. The van der Waals surface area contributed by atoms with Crippen LogP contribution in [0.3, 0.4) is 0 Å². The number of benzene rings is 2. The van der Waals surface area contributed by atoms with Gasteiger partial charge in [0.25, 0.3) is 5.91 Å². The highest BCUT2D eigenvalue weighted by molar-refractivity contribution is 6.09. The minimum atomic E-state index is -0.0506. The average molecular weight is 336 g/mol. The van der Waals surface area contributed by atoms with Gasteiger partial charge in [0.2, 0.25) is 5.91 Å². The molecule has 2 aromatic carbocycles. The maximum Gasteiger partial charge on any atom is 0.258 e. The fourth-order valence-electron chi connectivity index (χ4n) is 3.60. The highest BCUT2D eigenvalue weighted by Gasteiger charge is 2.32. The van der Waals surface area contributed by atoms with Crippen LogP contribution in [0.25, 0.3) is 0 Å². The Balaban J connectivity index is 1.72. The molecule has 0 aliphatic carbocycles. The van der Waals surface area contributed by atoms with Gasteiger partial charge in [-0.3, -0.25) is 9.59 Å². The summed E-state index contributed by atoms with van der Waals surface area (Å²) in [5.41, 5.74) is 3.37. The van der Waals surface area contributed by atoms with E-state index < -0.39 is 0 Å². The molecule has 0 saturated heterocycles. The van der Waals surface area contributed by atoms with Crippen LogP contribution in [0.5, 0.6) is 5.75 Å². The second-order valence-electron chi connectivity index (χ2n) is 6.59. The highest BCUT2D eigenvalue weighted by Crippen LogP contribution is 2.35. The average Bonchev–Trinajstić information content (AvgIpc) is 2.88. The summed E-state index contributed by atoms with van der Waals surface area (Å²) in [5, 5.41) is 0. The van der Waals surface area contributed by atoms with Gasteiger partial charge in [-0.15, -0.1) is 0 Å². The van der Waals surface area contributed by atoms with Crippen LogP contribution in [0.15, 0.2) is 42.5 Å². The number of amides is 2. The Morgan fingerprint density at radius 1 is 1.16 bits per heavy atom. The smallest absolute Gasteiger partial charge is 0.258 e. The molecule has 2 heterocycles. The molecule has 0 N–H and O–H groups in total. The van der Waals surface area contributed by atoms with Gasteiger partial charge in [-0.05, 0) is 43.2 Å². The predicted octanol–water partition coefficient (Wildman–Crippen LogP) is 3.02. The molecule has 128 valence electrons. The fourth-order valence-corrected chi connectivity index (χ4v) is 3.60. The second-order valence-corrected chi connectivity index (χ2v) is 6.59. The minimum absolute atomic E-state index is 0.0109. The summed E-state index contributed by atoms with van der Waals surface area (Å²) < 4.78 is 5.64. The summed E-state index contributed by atoms with van der Waals surface area (Å²) >= 11 is 0. The molecule has 25 heavy (non-hydrogen) atoms. The first kappa shape index (κ1) is 15.7. The maximum absolute atomic E-state index is 13.2. The Morgan fingerprint density at radius 3 is 2.80 bits per heavy atom. The van der Waals surface area contributed by atoms with E-state index >= 15 is 0 Å². The third-order valence-corrected chi connectivity index (χ3v) is 4.94.